The number of aryl methyl sites for hydroxylation is 2. The predicted octanol–water partition coefficient (Wildman–Crippen LogP) is 2.77. The van der Waals surface area contributed by atoms with E-state index in [9.17, 15) is 0 Å². The number of fused-ring (bicyclic) bond motifs is 1. The quantitative estimate of drug-likeness (QED) is 0.668. The smallest absolute Gasteiger partial charge is 0.271 e. The fourth-order valence-electron chi connectivity index (χ4n) is 2.17. The Kier molecular flexibility index (Phi) is 2.88. The molecule has 0 bridgehead atoms. The third-order valence-electron chi connectivity index (χ3n) is 3.16. The number of rotatable bonds is 2. The van der Waals surface area contributed by atoms with Crippen LogP contribution in [0.1, 0.15) is 12.6 Å². The van der Waals surface area contributed by atoms with E-state index >= 15 is 0 Å². The lowest BCUT2D eigenvalue weighted by molar-refractivity contribution is 0.785. The molecule has 20 heavy (non-hydrogen) atoms. The van der Waals surface area contributed by atoms with E-state index in [1.54, 1.807) is 12.3 Å². The summed E-state index contributed by atoms with van der Waals surface area (Å²) in [6, 6.07) is 3.50. The van der Waals surface area contributed by atoms with Gasteiger partial charge in [-0.3, -0.25) is 4.57 Å². The monoisotopic (exact) mass is 264 g/mol. The minimum atomic E-state index is 0.375. The SMILES string of the molecule is [C-]#[N+]c1ccc2nc(-c3cncnc3C)n(CC)c2n1. The van der Waals surface area contributed by atoms with Gasteiger partial charge in [0.25, 0.3) is 11.5 Å². The Hall–Kier alpha value is -2.81. The maximum atomic E-state index is 7.06. The van der Waals surface area contributed by atoms with Crippen LogP contribution in [0.4, 0.5) is 5.82 Å². The van der Waals surface area contributed by atoms with Gasteiger partial charge in [-0.2, -0.15) is 0 Å². The Morgan fingerprint density at radius 3 is 2.85 bits per heavy atom. The van der Waals surface area contributed by atoms with Crippen molar-refractivity contribution in [1.29, 1.82) is 0 Å². The van der Waals surface area contributed by atoms with Gasteiger partial charge >= 0.3 is 0 Å². The average molecular weight is 264 g/mol. The van der Waals surface area contributed by atoms with Gasteiger partial charge in [-0.15, -0.1) is 0 Å². The zero-order valence-electron chi connectivity index (χ0n) is 11.2. The van der Waals surface area contributed by atoms with Crippen LogP contribution in [0.15, 0.2) is 24.7 Å². The highest BCUT2D eigenvalue weighted by Crippen LogP contribution is 2.26. The zero-order chi connectivity index (χ0) is 14.1. The van der Waals surface area contributed by atoms with Crippen LogP contribution in [-0.2, 0) is 6.54 Å². The van der Waals surface area contributed by atoms with Crippen LogP contribution in [0.3, 0.4) is 0 Å². The molecule has 3 aromatic heterocycles. The molecule has 0 N–H and O–H groups in total. The number of nitrogens with zero attached hydrogens (tertiary/aromatic N) is 6. The van der Waals surface area contributed by atoms with Crippen LogP contribution in [0, 0.1) is 13.5 Å². The summed E-state index contributed by atoms with van der Waals surface area (Å²) >= 11 is 0. The Balaban J connectivity index is 2.32. The maximum Gasteiger partial charge on any atom is 0.271 e. The van der Waals surface area contributed by atoms with Gasteiger partial charge in [0.15, 0.2) is 0 Å². The standard InChI is InChI=1S/C14H12N6/c1-4-20-13(10-7-16-8-17-9(10)2)18-11-5-6-12(15-3)19-14(11)20/h5-8H,4H2,1-2H3. The summed E-state index contributed by atoms with van der Waals surface area (Å²) < 4.78 is 1.98. The van der Waals surface area contributed by atoms with E-state index in [1.165, 1.54) is 6.33 Å². The topological polar surface area (TPSA) is 60.9 Å². The molecule has 0 fully saturated rings. The molecule has 0 radical (unpaired) electrons. The molecule has 0 aliphatic rings. The first kappa shape index (κ1) is 12.2. The third kappa shape index (κ3) is 1.80. The van der Waals surface area contributed by atoms with Crippen LogP contribution in [-0.4, -0.2) is 24.5 Å². The number of hydrogen-bond donors (Lipinski definition) is 0. The van der Waals surface area contributed by atoms with Crippen molar-refractivity contribution in [2.75, 3.05) is 0 Å². The zero-order valence-corrected chi connectivity index (χ0v) is 11.2. The van der Waals surface area contributed by atoms with Crippen molar-refractivity contribution in [3.05, 3.63) is 41.8 Å². The number of hydrogen-bond acceptors (Lipinski definition) is 4. The fraction of sp³-hybridized carbons (Fsp3) is 0.214. The van der Waals surface area contributed by atoms with Crippen molar-refractivity contribution in [2.45, 2.75) is 20.4 Å². The summed E-state index contributed by atoms with van der Waals surface area (Å²) in [4.78, 5) is 20.6. The average Bonchev–Trinajstić information content (AvgIpc) is 2.84. The molecule has 0 atom stereocenters. The molecule has 0 aliphatic carbocycles. The molecule has 6 heteroatoms. The van der Waals surface area contributed by atoms with Crippen LogP contribution >= 0.6 is 0 Å². The maximum absolute atomic E-state index is 7.06. The number of imidazole rings is 1. The number of pyridine rings is 1. The molecular formula is C14H12N6. The summed E-state index contributed by atoms with van der Waals surface area (Å²) in [5.74, 6) is 1.16. The Morgan fingerprint density at radius 2 is 2.15 bits per heavy atom. The molecule has 0 aromatic carbocycles. The van der Waals surface area contributed by atoms with Gasteiger partial charge in [0, 0.05) is 12.7 Å². The third-order valence-corrected chi connectivity index (χ3v) is 3.16. The van der Waals surface area contributed by atoms with E-state index in [1.807, 2.05) is 24.5 Å². The molecule has 0 amide bonds. The van der Waals surface area contributed by atoms with E-state index in [2.05, 4.69) is 24.8 Å². The second-order valence-corrected chi connectivity index (χ2v) is 4.33. The van der Waals surface area contributed by atoms with Gasteiger partial charge < -0.3 is 4.85 Å². The van der Waals surface area contributed by atoms with Crippen molar-refractivity contribution in [3.8, 4) is 11.4 Å². The summed E-state index contributed by atoms with van der Waals surface area (Å²) in [7, 11) is 0. The fourth-order valence-corrected chi connectivity index (χ4v) is 2.17. The minimum Gasteiger partial charge on any atom is -0.361 e. The summed E-state index contributed by atoms with van der Waals surface area (Å²) in [5.41, 5.74) is 3.25. The lowest BCUT2D eigenvalue weighted by atomic mass is 10.2. The van der Waals surface area contributed by atoms with E-state index in [4.69, 9.17) is 6.57 Å². The van der Waals surface area contributed by atoms with E-state index in [-0.39, 0.29) is 0 Å². The van der Waals surface area contributed by atoms with Crippen molar-refractivity contribution >= 4 is 17.0 Å². The van der Waals surface area contributed by atoms with Gasteiger partial charge in [-0.05, 0) is 26.0 Å². The molecule has 3 rings (SSSR count). The largest absolute Gasteiger partial charge is 0.361 e. The van der Waals surface area contributed by atoms with E-state index < -0.39 is 0 Å². The summed E-state index contributed by atoms with van der Waals surface area (Å²) in [6.45, 7) is 11.7. The number of aromatic nitrogens is 5. The van der Waals surface area contributed by atoms with Gasteiger partial charge in [-0.25, -0.2) is 15.0 Å². The first-order valence-corrected chi connectivity index (χ1v) is 6.26. The Morgan fingerprint density at radius 1 is 1.30 bits per heavy atom. The lowest BCUT2D eigenvalue weighted by Gasteiger charge is -2.05. The van der Waals surface area contributed by atoms with Crippen molar-refractivity contribution in [2.24, 2.45) is 0 Å². The van der Waals surface area contributed by atoms with Crippen molar-refractivity contribution < 1.29 is 0 Å². The van der Waals surface area contributed by atoms with Gasteiger partial charge in [0.1, 0.15) is 17.7 Å². The summed E-state index contributed by atoms with van der Waals surface area (Å²) in [5, 5.41) is 0. The van der Waals surface area contributed by atoms with Crippen LogP contribution in [0.25, 0.3) is 27.4 Å². The highest BCUT2D eigenvalue weighted by Gasteiger charge is 2.17. The normalized spacial score (nSPS) is 10.7. The molecule has 6 nitrogen and oxygen atoms in total. The highest BCUT2D eigenvalue weighted by atomic mass is 15.1. The molecule has 0 aliphatic heterocycles. The van der Waals surface area contributed by atoms with Crippen LogP contribution < -0.4 is 0 Å². The first-order chi connectivity index (χ1) is 9.74. The molecule has 98 valence electrons. The molecule has 3 aromatic rings. The van der Waals surface area contributed by atoms with Crippen LogP contribution in [0.5, 0.6) is 0 Å². The minimum absolute atomic E-state index is 0.375. The Labute approximate surface area is 116 Å². The Bertz CT molecular complexity index is 827. The molecular weight excluding hydrogens is 252 g/mol. The predicted molar refractivity (Wildman–Crippen MR) is 75.2 cm³/mol. The van der Waals surface area contributed by atoms with E-state index in [0.717, 1.165) is 28.2 Å². The lowest BCUT2D eigenvalue weighted by Crippen LogP contribution is -2.01. The van der Waals surface area contributed by atoms with Gasteiger partial charge in [0.05, 0.1) is 11.3 Å². The second-order valence-electron chi connectivity index (χ2n) is 4.33. The molecule has 0 unspecified atom stereocenters. The van der Waals surface area contributed by atoms with Gasteiger partial charge in [-0.1, -0.05) is 11.6 Å². The second kappa shape index (κ2) is 4.70. The molecule has 0 saturated carbocycles. The highest BCUT2D eigenvalue weighted by molar-refractivity contribution is 5.79. The van der Waals surface area contributed by atoms with Gasteiger partial charge in [0.2, 0.25) is 0 Å². The molecule has 0 spiro atoms. The van der Waals surface area contributed by atoms with E-state index in [0.29, 0.717) is 12.4 Å². The molecule has 0 saturated heterocycles. The summed E-state index contributed by atoms with van der Waals surface area (Å²) in [6.07, 6.45) is 3.28. The van der Waals surface area contributed by atoms with Crippen LogP contribution in [0.2, 0.25) is 0 Å². The first-order valence-electron chi connectivity index (χ1n) is 6.26. The molecule has 3 heterocycles. The van der Waals surface area contributed by atoms with Crippen molar-refractivity contribution in [1.82, 2.24) is 24.5 Å². The van der Waals surface area contributed by atoms with Crippen molar-refractivity contribution in [3.63, 3.8) is 0 Å².